The quantitative estimate of drug-likeness (QED) is 0.806. The number of hydrogen-bond donors (Lipinski definition) is 0. The van der Waals surface area contributed by atoms with Crippen molar-refractivity contribution in [2.75, 3.05) is 36.0 Å². The third-order valence-electron chi connectivity index (χ3n) is 5.47. The van der Waals surface area contributed by atoms with E-state index in [4.69, 9.17) is 11.6 Å². The summed E-state index contributed by atoms with van der Waals surface area (Å²) < 4.78 is 0. The Labute approximate surface area is 160 Å². The molecule has 1 fully saturated rings. The number of fused-ring (bicyclic) bond motifs is 1. The number of carbonyl (C=O) groups is 1. The maximum atomic E-state index is 13.2. The minimum absolute atomic E-state index is 0.0718. The first kappa shape index (κ1) is 17.4. The number of para-hydroxylation sites is 3. The predicted molar refractivity (Wildman–Crippen MR) is 108 cm³/mol. The Morgan fingerprint density at radius 2 is 1.50 bits per heavy atom. The fraction of sp³-hybridized carbons (Fsp3) is 0.381. The molecule has 5 heteroatoms. The lowest BCUT2D eigenvalue weighted by Crippen LogP contribution is -2.50. The maximum absolute atomic E-state index is 13.2. The largest absolute Gasteiger partial charge is 0.337 e. The molecule has 0 bridgehead atoms. The molecule has 26 heavy (non-hydrogen) atoms. The van der Waals surface area contributed by atoms with E-state index in [1.807, 2.05) is 54.3 Å². The number of hydrogen-bond acceptors (Lipinski definition) is 3. The summed E-state index contributed by atoms with van der Waals surface area (Å²) in [7, 11) is 0. The summed E-state index contributed by atoms with van der Waals surface area (Å²) in [5.41, 5.74) is 2.99. The molecule has 2 heterocycles. The molecule has 1 saturated heterocycles. The van der Waals surface area contributed by atoms with Gasteiger partial charge in [0.2, 0.25) is 5.91 Å². The zero-order chi connectivity index (χ0) is 18.1. The number of likely N-dealkylation sites (tertiary alicyclic amines) is 1. The molecule has 2 aromatic carbocycles. The van der Waals surface area contributed by atoms with Crippen molar-refractivity contribution in [1.29, 1.82) is 0 Å². The molecule has 2 aromatic rings. The molecule has 1 atom stereocenters. The minimum Gasteiger partial charge on any atom is -0.337 e. The first-order valence-electron chi connectivity index (χ1n) is 9.33. The van der Waals surface area contributed by atoms with Gasteiger partial charge in [0.15, 0.2) is 0 Å². The monoisotopic (exact) mass is 369 g/mol. The van der Waals surface area contributed by atoms with E-state index in [-0.39, 0.29) is 11.9 Å². The summed E-state index contributed by atoms with van der Waals surface area (Å²) in [5, 5.41) is 0.729. The average molecular weight is 370 g/mol. The van der Waals surface area contributed by atoms with E-state index in [2.05, 4.69) is 15.9 Å². The second-order valence-corrected chi connectivity index (χ2v) is 7.41. The highest BCUT2D eigenvalue weighted by Crippen LogP contribution is 2.40. The van der Waals surface area contributed by atoms with Gasteiger partial charge in [-0.3, -0.25) is 9.69 Å². The summed E-state index contributed by atoms with van der Waals surface area (Å²) in [4.78, 5) is 19.7. The van der Waals surface area contributed by atoms with Crippen LogP contribution in [-0.2, 0) is 4.79 Å². The van der Waals surface area contributed by atoms with Gasteiger partial charge in [0.1, 0.15) is 0 Å². The highest BCUT2D eigenvalue weighted by molar-refractivity contribution is 6.33. The van der Waals surface area contributed by atoms with Crippen LogP contribution in [0.1, 0.15) is 19.8 Å². The van der Waals surface area contributed by atoms with Gasteiger partial charge in [0, 0.05) is 13.1 Å². The van der Waals surface area contributed by atoms with Gasteiger partial charge in [-0.2, -0.15) is 0 Å². The maximum Gasteiger partial charge on any atom is 0.244 e. The van der Waals surface area contributed by atoms with Crippen LogP contribution in [0.2, 0.25) is 5.02 Å². The van der Waals surface area contributed by atoms with Crippen LogP contribution in [0.5, 0.6) is 0 Å². The van der Waals surface area contributed by atoms with Crippen molar-refractivity contribution >= 4 is 34.6 Å². The zero-order valence-corrected chi connectivity index (χ0v) is 15.8. The molecule has 0 aliphatic carbocycles. The van der Waals surface area contributed by atoms with Crippen molar-refractivity contribution < 1.29 is 4.79 Å². The normalized spacial score (nSPS) is 18.7. The molecule has 1 amide bonds. The van der Waals surface area contributed by atoms with Crippen LogP contribution in [0.15, 0.2) is 48.5 Å². The van der Waals surface area contributed by atoms with Crippen LogP contribution in [0.3, 0.4) is 0 Å². The molecule has 0 radical (unpaired) electrons. The van der Waals surface area contributed by atoms with Crippen LogP contribution < -0.4 is 9.80 Å². The average Bonchev–Trinajstić information content (AvgIpc) is 3.21. The molecular formula is C21H24ClN3O. The van der Waals surface area contributed by atoms with Gasteiger partial charge >= 0.3 is 0 Å². The van der Waals surface area contributed by atoms with Gasteiger partial charge in [-0.15, -0.1) is 0 Å². The molecule has 4 rings (SSSR count). The Morgan fingerprint density at radius 1 is 0.885 bits per heavy atom. The lowest BCUT2D eigenvalue weighted by atomic mass is 10.1. The number of carbonyl (C=O) groups excluding carboxylic acids is 1. The number of halogens is 1. The van der Waals surface area contributed by atoms with Gasteiger partial charge in [0.25, 0.3) is 0 Å². The Balaban J connectivity index is 1.66. The van der Waals surface area contributed by atoms with Crippen molar-refractivity contribution in [3.8, 4) is 0 Å². The summed E-state index contributed by atoms with van der Waals surface area (Å²) in [6.45, 7) is 5.48. The Kier molecular flexibility index (Phi) is 4.88. The first-order valence-corrected chi connectivity index (χ1v) is 9.71. The van der Waals surface area contributed by atoms with Gasteiger partial charge < -0.3 is 9.80 Å². The molecule has 136 valence electrons. The highest BCUT2D eigenvalue weighted by Gasteiger charge is 2.33. The Bertz CT molecular complexity index is 803. The molecule has 0 aromatic heterocycles. The van der Waals surface area contributed by atoms with E-state index in [0.29, 0.717) is 6.54 Å². The van der Waals surface area contributed by atoms with E-state index < -0.39 is 0 Å². The lowest BCUT2D eigenvalue weighted by molar-refractivity contribution is -0.122. The molecule has 1 unspecified atom stereocenters. The van der Waals surface area contributed by atoms with E-state index in [9.17, 15) is 4.79 Å². The lowest BCUT2D eigenvalue weighted by Gasteiger charge is -2.40. The summed E-state index contributed by atoms with van der Waals surface area (Å²) in [5.74, 6) is 0.193. The van der Waals surface area contributed by atoms with Crippen LogP contribution in [0, 0.1) is 0 Å². The topological polar surface area (TPSA) is 26.8 Å². The summed E-state index contributed by atoms with van der Waals surface area (Å²) in [6, 6.07) is 15.9. The number of anilines is 3. The fourth-order valence-corrected chi connectivity index (χ4v) is 4.26. The van der Waals surface area contributed by atoms with Crippen LogP contribution in [-0.4, -0.2) is 43.0 Å². The molecule has 2 aliphatic rings. The van der Waals surface area contributed by atoms with Gasteiger partial charge in [0.05, 0.1) is 28.1 Å². The molecule has 0 spiro atoms. The summed E-state index contributed by atoms with van der Waals surface area (Å²) in [6.07, 6.45) is 2.38. The number of benzene rings is 2. The van der Waals surface area contributed by atoms with Crippen molar-refractivity contribution in [2.45, 2.75) is 25.8 Å². The summed E-state index contributed by atoms with van der Waals surface area (Å²) >= 11 is 6.43. The predicted octanol–water partition coefficient (Wildman–Crippen LogP) is 4.31. The van der Waals surface area contributed by atoms with E-state index in [1.165, 1.54) is 12.8 Å². The first-order chi connectivity index (χ1) is 12.7. The molecule has 4 nitrogen and oxygen atoms in total. The van der Waals surface area contributed by atoms with Crippen LogP contribution in [0.4, 0.5) is 17.1 Å². The molecule has 0 saturated carbocycles. The van der Waals surface area contributed by atoms with Gasteiger partial charge in [-0.05, 0) is 57.1 Å². The van der Waals surface area contributed by atoms with Crippen molar-refractivity contribution in [1.82, 2.24) is 4.90 Å². The number of amides is 1. The van der Waals surface area contributed by atoms with Crippen molar-refractivity contribution in [3.63, 3.8) is 0 Å². The van der Waals surface area contributed by atoms with Gasteiger partial charge in [-0.1, -0.05) is 35.9 Å². The number of nitrogens with zero attached hydrogens (tertiary/aromatic N) is 3. The van der Waals surface area contributed by atoms with Gasteiger partial charge in [-0.25, -0.2) is 0 Å². The minimum atomic E-state index is -0.0718. The third kappa shape index (κ3) is 3.08. The fourth-order valence-electron chi connectivity index (χ4n) is 4.02. The SMILES string of the molecule is CC(C(=O)N1CCN(c2ccccc2Cl)c2ccccc21)N1CCCC1. The van der Waals surface area contributed by atoms with E-state index >= 15 is 0 Å². The zero-order valence-electron chi connectivity index (χ0n) is 15.1. The molecule has 2 aliphatic heterocycles. The van der Waals surface area contributed by atoms with Crippen molar-refractivity contribution in [3.05, 3.63) is 53.6 Å². The smallest absolute Gasteiger partial charge is 0.244 e. The molecule has 0 N–H and O–H groups in total. The Hall–Kier alpha value is -2.04. The number of rotatable bonds is 3. The standard InChI is InChI=1S/C21H24ClN3O/c1-16(23-12-6-7-13-23)21(26)25-15-14-24(18-9-3-2-8-17(18)22)19-10-4-5-11-20(19)25/h2-5,8-11,16H,6-7,12-15H2,1H3. The molecular weight excluding hydrogens is 346 g/mol. The van der Waals surface area contributed by atoms with Crippen molar-refractivity contribution in [2.24, 2.45) is 0 Å². The van der Waals surface area contributed by atoms with Crippen LogP contribution >= 0.6 is 11.6 Å². The third-order valence-corrected chi connectivity index (χ3v) is 5.79. The Morgan fingerprint density at radius 3 is 2.19 bits per heavy atom. The van der Waals surface area contributed by atoms with Crippen LogP contribution in [0.25, 0.3) is 0 Å². The second-order valence-electron chi connectivity index (χ2n) is 7.00. The highest BCUT2D eigenvalue weighted by atomic mass is 35.5. The second kappa shape index (κ2) is 7.29. The van der Waals surface area contributed by atoms with E-state index in [1.54, 1.807) is 0 Å². The van der Waals surface area contributed by atoms with E-state index in [0.717, 1.165) is 41.7 Å².